The first-order chi connectivity index (χ1) is 11.4. The SMILES string of the molecule is O=S(=O)(N[C@H]1C[C@H]2CO[C@H](C3CC3)CN2C1)c1ccc(Cl)c(Cl)c1. The number of rotatable bonds is 4. The lowest BCUT2D eigenvalue weighted by Crippen LogP contribution is -2.47. The summed E-state index contributed by atoms with van der Waals surface area (Å²) in [5, 5.41) is 0.584. The van der Waals surface area contributed by atoms with Gasteiger partial charge in [0.05, 0.1) is 27.7 Å². The minimum absolute atomic E-state index is 0.101. The molecule has 132 valence electrons. The molecule has 0 amide bonds. The van der Waals surface area contributed by atoms with E-state index < -0.39 is 10.0 Å². The number of nitrogens with one attached hydrogen (secondary N) is 1. The summed E-state index contributed by atoms with van der Waals surface area (Å²) in [5.74, 6) is 0.706. The van der Waals surface area contributed by atoms with E-state index in [-0.39, 0.29) is 16.0 Å². The van der Waals surface area contributed by atoms with E-state index in [1.165, 1.54) is 31.0 Å². The molecule has 24 heavy (non-hydrogen) atoms. The first-order valence-electron chi connectivity index (χ1n) is 8.25. The van der Waals surface area contributed by atoms with Crippen LogP contribution in [0.15, 0.2) is 23.1 Å². The fourth-order valence-electron chi connectivity index (χ4n) is 3.67. The molecule has 0 spiro atoms. The van der Waals surface area contributed by atoms with Gasteiger partial charge in [-0.2, -0.15) is 0 Å². The highest BCUT2D eigenvalue weighted by Crippen LogP contribution is 2.38. The van der Waals surface area contributed by atoms with Crippen molar-refractivity contribution in [1.29, 1.82) is 0 Å². The molecule has 0 bridgehead atoms. The van der Waals surface area contributed by atoms with Gasteiger partial charge in [0.1, 0.15) is 0 Å². The monoisotopic (exact) mass is 390 g/mol. The Balaban J connectivity index is 1.42. The van der Waals surface area contributed by atoms with Crippen LogP contribution in [0.1, 0.15) is 19.3 Å². The summed E-state index contributed by atoms with van der Waals surface area (Å²) in [6.07, 6.45) is 3.62. The average molecular weight is 391 g/mol. The van der Waals surface area contributed by atoms with E-state index in [0.29, 0.717) is 29.7 Å². The highest BCUT2D eigenvalue weighted by molar-refractivity contribution is 7.89. The summed E-state index contributed by atoms with van der Waals surface area (Å²) in [5.41, 5.74) is 0. The molecule has 1 N–H and O–H groups in total. The normalized spacial score (nSPS) is 31.2. The van der Waals surface area contributed by atoms with Gasteiger partial charge in [-0.1, -0.05) is 23.2 Å². The number of benzene rings is 1. The maximum absolute atomic E-state index is 12.6. The van der Waals surface area contributed by atoms with Gasteiger partial charge in [0.15, 0.2) is 0 Å². The molecule has 3 aliphatic rings. The molecule has 0 radical (unpaired) electrons. The minimum atomic E-state index is -3.60. The Morgan fingerprint density at radius 2 is 1.96 bits per heavy atom. The third kappa shape index (κ3) is 3.45. The van der Waals surface area contributed by atoms with Gasteiger partial charge in [0.25, 0.3) is 0 Å². The summed E-state index contributed by atoms with van der Waals surface area (Å²) >= 11 is 11.8. The molecule has 8 heteroatoms. The number of halogens is 2. The zero-order chi connectivity index (χ0) is 16.9. The highest BCUT2D eigenvalue weighted by Gasteiger charge is 2.43. The standard InChI is InChI=1S/C16H20Cl2N2O3S/c17-14-4-3-13(6-15(14)18)24(21,22)19-11-5-12-9-23-16(10-1-2-10)8-20(12)7-11/h3-4,6,10-12,16,19H,1-2,5,7-9H2/t11-,12-,16-/m0/s1. The number of nitrogens with zero attached hydrogens (tertiary/aromatic N) is 1. The van der Waals surface area contributed by atoms with Crippen molar-refractivity contribution in [3.05, 3.63) is 28.2 Å². The first-order valence-corrected chi connectivity index (χ1v) is 10.5. The average Bonchev–Trinajstić information content (AvgIpc) is 3.30. The Bertz CT molecular complexity index is 739. The summed E-state index contributed by atoms with van der Waals surface area (Å²) < 4.78 is 33.9. The van der Waals surface area contributed by atoms with Crippen LogP contribution >= 0.6 is 23.2 Å². The molecule has 2 aliphatic heterocycles. The predicted octanol–water partition coefficient (Wildman–Crippen LogP) is 2.52. The molecule has 1 saturated carbocycles. The second kappa shape index (κ2) is 6.41. The third-order valence-electron chi connectivity index (χ3n) is 5.12. The van der Waals surface area contributed by atoms with Gasteiger partial charge in [-0.15, -0.1) is 0 Å². The molecular weight excluding hydrogens is 371 g/mol. The summed E-state index contributed by atoms with van der Waals surface area (Å²) in [7, 11) is -3.60. The van der Waals surface area contributed by atoms with Crippen molar-refractivity contribution in [3.63, 3.8) is 0 Å². The smallest absolute Gasteiger partial charge is 0.240 e. The van der Waals surface area contributed by atoms with Crippen LogP contribution in [0.4, 0.5) is 0 Å². The zero-order valence-corrected chi connectivity index (χ0v) is 15.4. The second-order valence-corrected chi connectivity index (χ2v) is 9.48. The number of sulfonamides is 1. The van der Waals surface area contributed by atoms with Gasteiger partial charge in [-0.25, -0.2) is 13.1 Å². The van der Waals surface area contributed by atoms with Gasteiger partial charge in [-0.05, 0) is 43.4 Å². The molecular formula is C16H20Cl2N2O3S. The minimum Gasteiger partial charge on any atom is -0.375 e. The Morgan fingerprint density at radius 1 is 1.17 bits per heavy atom. The van der Waals surface area contributed by atoms with Crippen molar-refractivity contribution in [3.8, 4) is 0 Å². The zero-order valence-electron chi connectivity index (χ0n) is 13.1. The molecule has 3 fully saturated rings. The maximum atomic E-state index is 12.6. The largest absolute Gasteiger partial charge is 0.375 e. The lowest BCUT2D eigenvalue weighted by atomic mass is 10.1. The first kappa shape index (κ1) is 17.1. The highest BCUT2D eigenvalue weighted by atomic mass is 35.5. The maximum Gasteiger partial charge on any atom is 0.240 e. The van der Waals surface area contributed by atoms with Crippen LogP contribution in [0.2, 0.25) is 10.0 Å². The van der Waals surface area contributed by atoms with Crippen LogP contribution in [0.25, 0.3) is 0 Å². The Hall–Kier alpha value is -0.370. The number of hydrogen-bond acceptors (Lipinski definition) is 4. The van der Waals surface area contributed by atoms with Crippen molar-refractivity contribution in [1.82, 2.24) is 9.62 Å². The van der Waals surface area contributed by atoms with E-state index in [9.17, 15) is 8.42 Å². The molecule has 1 aromatic carbocycles. The van der Waals surface area contributed by atoms with Gasteiger partial charge in [0, 0.05) is 25.2 Å². The number of ether oxygens (including phenoxy) is 1. The van der Waals surface area contributed by atoms with Crippen molar-refractivity contribution >= 4 is 33.2 Å². The van der Waals surface area contributed by atoms with Crippen molar-refractivity contribution < 1.29 is 13.2 Å². The quantitative estimate of drug-likeness (QED) is 0.857. The molecule has 2 heterocycles. The van der Waals surface area contributed by atoms with Crippen LogP contribution in [-0.4, -0.2) is 51.2 Å². The van der Waals surface area contributed by atoms with E-state index in [2.05, 4.69) is 9.62 Å². The van der Waals surface area contributed by atoms with Gasteiger partial charge in [0.2, 0.25) is 10.0 Å². The Kier molecular flexibility index (Phi) is 4.56. The fourth-order valence-corrected chi connectivity index (χ4v) is 5.30. The summed E-state index contributed by atoms with van der Waals surface area (Å²) in [6, 6.07) is 4.58. The van der Waals surface area contributed by atoms with Crippen LogP contribution in [-0.2, 0) is 14.8 Å². The van der Waals surface area contributed by atoms with E-state index in [4.69, 9.17) is 27.9 Å². The van der Waals surface area contributed by atoms with E-state index >= 15 is 0 Å². The fraction of sp³-hybridized carbons (Fsp3) is 0.625. The lowest BCUT2D eigenvalue weighted by molar-refractivity contribution is -0.0581. The van der Waals surface area contributed by atoms with Crippen molar-refractivity contribution in [2.45, 2.75) is 42.3 Å². The third-order valence-corrected chi connectivity index (χ3v) is 7.37. The van der Waals surface area contributed by atoms with Crippen LogP contribution in [0, 0.1) is 5.92 Å². The summed E-state index contributed by atoms with van der Waals surface area (Å²) in [4.78, 5) is 2.52. The van der Waals surface area contributed by atoms with E-state index in [1.54, 1.807) is 0 Å². The molecule has 1 aliphatic carbocycles. The Morgan fingerprint density at radius 3 is 2.67 bits per heavy atom. The van der Waals surface area contributed by atoms with Crippen LogP contribution < -0.4 is 4.72 Å². The van der Waals surface area contributed by atoms with Crippen molar-refractivity contribution in [2.75, 3.05) is 19.7 Å². The van der Waals surface area contributed by atoms with Gasteiger partial charge >= 0.3 is 0 Å². The molecule has 3 atom stereocenters. The number of hydrogen-bond donors (Lipinski definition) is 1. The van der Waals surface area contributed by atoms with Gasteiger partial charge in [-0.3, -0.25) is 4.90 Å². The van der Waals surface area contributed by atoms with E-state index in [0.717, 1.165) is 19.5 Å². The molecule has 0 unspecified atom stereocenters. The van der Waals surface area contributed by atoms with Crippen LogP contribution in [0.3, 0.4) is 0 Å². The summed E-state index contributed by atoms with van der Waals surface area (Å²) in [6.45, 7) is 2.35. The topological polar surface area (TPSA) is 58.6 Å². The van der Waals surface area contributed by atoms with Gasteiger partial charge < -0.3 is 4.74 Å². The second-order valence-electron chi connectivity index (χ2n) is 6.95. The predicted molar refractivity (Wildman–Crippen MR) is 93.0 cm³/mol. The number of fused-ring (bicyclic) bond motifs is 1. The Labute approximate surface area is 152 Å². The molecule has 0 aromatic heterocycles. The molecule has 2 saturated heterocycles. The molecule has 1 aromatic rings. The lowest BCUT2D eigenvalue weighted by Gasteiger charge is -2.35. The van der Waals surface area contributed by atoms with E-state index in [1.807, 2.05) is 0 Å². The molecule has 5 nitrogen and oxygen atoms in total. The van der Waals surface area contributed by atoms with Crippen molar-refractivity contribution in [2.24, 2.45) is 5.92 Å². The number of morpholine rings is 1. The van der Waals surface area contributed by atoms with Crippen LogP contribution in [0.5, 0.6) is 0 Å². The molecule has 4 rings (SSSR count).